The minimum absolute atomic E-state index is 0.0731. The lowest BCUT2D eigenvalue weighted by Gasteiger charge is -2.27. The molecular weight excluding hydrogens is 218 g/mol. The number of nitrogens with one attached hydrogen (secondary N) is 1. The second kappa shape index (κ2) is 5.36. The van der Waals surface area contributed by atoms with Crippen LogP contribution in [0, 0.1) is 11.8 Å². The van der Waals surface area contributed by atoms with Crippen LogP contribution in [-0.2, 0) is 14.3 Å². The van der Waals surface area contributed by atoms with E-state index in [1.165, 1.54) is 7.11 Å². The lowest BCUT2D eigenvalue weighted by molar-refractivity contribution is -0.147. The maximum atomic E-state index is 11.8. The molecule has 0 saturated carbocycles. The van der Waals surface area contributed by atoms with E-state index >= 15 is 0 Å². The fourth-order valence-corrected chi connectivity index (χ4v) is 2.91. The SMILES string of the molecule is COC(=O)C1C2CCC(O2)C1NCCC(C)C. The summed E-state index contributed by atoms with van der Waals surface area (Å²) in [5.74, 6) is 0.448. The molecule has 2 aliphatic heterocycles. The van der Waals surface area contributed by atoms with Gasteiger partial charge in [0.1, 0.15) is 5.92 Å². The molecule has 4 unspecified atom stereocenters. The molecule has 0 aliphatic carbocycles. The van der Waals surface area contributed by atoms with Crippen molar-refractivity contribution < 1.29 is 14.3 Å². The zero-order valence-corrected chi connectivity index (χ0v) is 10.9. The van der Waals surface area contributed by atoms with Crippen molar-refractivity contribution in [3.8, 4) is 0 Å². The molecule has 0 spiro atoms. The average molecular weight is 241 g/mol. The van der Waals surface area contributed by atoms with Gasteiger partial charge in [-0.15, -0.1) is 0 Å². The van der Waals surface area contributed by atoms with Crippen LogP contribution in [0.5, 0.6) is 0 Å². The van der Waals surface area contributed by atoms with Crippen molar-refractivity contribution in [2.45, 2.75) is 51.4 Å². The summed E-state index contributed by atoms with van der Waals surface area (Å²) in [4.78, 5) is 11.8. The van der Waals surface area contributed by atoms with Gasteiger partial charge >= 0.3 is 5.97 Å². The highest BCUT2D eigenvalue weighted by atomic mass is 16.5. The van der Waals surface area contributed by atoms with Crippen molar-refractivity contribution in [2.24, 2.45) is 11.8 Å². The normalized spacial score (nSPS) is 35.5. The highest BCUT2D eigenvalue weighted by molar-refractivity contribution is 5.74. The Bertz CT molecular complexity index is 280. The van der Waals surface area contributed by atoms with E-state index in [9.17, 15) is 4.79 Å². The highest BCUT2D eigenvalue weighted by Gasteiger charge is 2.52. The Morgan fingerprint density at radius 2 is 2.12 bits per heavy atom. The van der Waals surface area contributed by atoms with E-state index in [0.29, 0.717) is 5.92 Å². The van der Waals surface area contributed by atoms with Crippen LogP contribution in [0.15, 0.2) is 0 Å². The molecule has 4 nitrogen and oxygen atoms in total. The summed E-state index contributed by atoms with van der Waals surface area (Å²) < 4.78 is 10.7. The molecule has 0 aromatic rings. The van der Waals surface area contributed by atoms with Gasteiger partial charge in [0.15, 0.2) is 0 Å². The molecule has 4 heteroatoms. The molecule has 0 aromatic heterocycles. The van der Waals surface area contributed by atoms with Gasteiger partial charge in [-0.2, -0.15) is 0 Å². The van der Waals surface area contributed by atoms with E-state index < -0.39 is 0 Å². The number of ether oxygens (including phenoxy) is 2. The van der Waals surface area contributed by atoms with Gasteiger partial charge in [-0.3, -0.25) is 4.79 Å². The molecule has 17 heavy (non-hydrogen) atoms. The number of fused-ring (bicyclic) bond motifs is 2. The molecule has 2 aliphatic rings. The lowest BCUT2D eigenvalue weighted by Crippen LogP contribution is -2.48. The van der Waals surface area contributed by atoms with Crippen molar-refractivity contribution in [1.82, 2.24) is 5.32 Å². The van der Waals surface area contributed by atoms with Crippen LogP contribution >= 0.6 is 0 Å². The molecule has 2 saturated heterocycles. The van der Waals surface area contributed by atoms with E-state index in [4.69, 9.17) is 9.47 Å². The molecular formula is C13H23NO3. The summed E-state index contributed by atoms with van der Waals surface area (Å²) in [5, 5.41) is 3.48. The predicted octanol–water partition coefficient (Wildman–Crippen LogP) is 1.34. The first-order chi connectivity index (χ1) is 8.13. The Morgan fingerprint density at radius 1 is 1.41 bits per heavy atom. The number of esters is 1. The van der Waals surface area contributed by atoms with Crippen LogP contribution in [0.2, 0.25) is 0 Å². The Balaban J connectivity index is 1.91. The highest BCUT2D eigenvalue weighted by Crippen LogP contribution is 2.39. The molecule has 2 fully saturated rings. The number of hydrogen-bond acceptors (Lipinski definition) is 4. The number of methoxy groups -OCH3 is 1. The van der Waals surface area contributed by atoms with Gasteiger partial charge < -0.3 is 14.8 Å². The summed E-state index contributed by atoms with van der Waals surface area (Å²) in [6.45, 7) is 5.36. The van der Waals surface area contributed by atoms with E-state index in [-0.39, 0.29) is 30.1 Å². The third-order valence-electron chi connectivity index (χ3n) is 3.85. The van der Waals surface area contributed by atoms with E-state index in [1.54, 1.807) is 0 Å². The van der Waals surface area contributed by atoms with Crippen LogP contribution < -0.4 is 5.32 Å². The van der Waals surface area contributed by atoms with Gasteiger partial charge in [0.2, 0.25) is 0 Å². The minimum Gasteiger partial charge on any atom is -0.469 e. The molecule has 0 radical (unpaired) electrons. The molecule has 2 bridgehead atoms. The van der Waals surface area contributed by atoms with Crippen LogP contribution in [0.1, 0.15) is 33.1 Å². The fraction of sp³-hybridized carbons (Fsp3) is 0.923. The summed E-state index contributed by atoms with van der Waals surface area (Å²) >= 11 is 0. The standard InChI is InChI=1S/C13H23NO3/c1-8(2)6-7-14-12-10-5-4-9(17-10)11(12)13(15)16-3/h8-12,14H,4-7H2,1-3H3. The van der Waals surface area contributed by atoms with E-state index in [0.717, 1.165) is 25.8 Å². The van der Waals surface area contributed by atoms with Gasteiger partial charge in [0, 0.05) is 6.04 Å². The predicted molar refractivity (Wildman–Crippen MR) is 64.6 cm³/mol. The summed E-state index contributed by atoms with van der Waals surface area (Å²) in [7, 11) is 1.46. The Labute approximate surface area is 103 Å². The van der Waals surface area contributed by atoms with Crippen molar-refractivity contribution >= 4 is 5.97 Å². The average Bonchev–Trinajstić information content (AvgIpc) is 2.88. The second-order valence-electron chi connectivity index (χ2n) is 5.50. The van der Waals surface area contributed by atoms with Gasteiger partial charge in [-0.25, -0.2) is 0 Å². The largest absolute Gasteiger partial charge is 0.469 e. The first-order valence-electron chi connectivity index (χ1n) is 6.60. The molecule has 2 heterocycles. The van der Waals surface area contributed by atoms with Gasteiger partial charge in [-0.1, -0.05) is 13.8 Å². The Hall–Kier alpha value is -0.610. The van der Waals surface area contributed by atoms with Crippen LogP contribution in [0.3, 0.4) is 0 Å². The van der Waals surface area contributed by atoms with Crippen molar-refractivity contribution in [3.63, 3.8) is 0 Å². The topological polar surface area (TPSA) is 47.6 Å². The molecule has 0 aromatic carbocycles. The zero-order chi connectivity index (χ0) is 12.4. The van der Waals surface area contributed by atoms with Gasteiger partial charge in [0.25, 0.3) is 0 Å². The first-order valence-corrected chi connectivity index (χ1v) is 6.60. The number of hydrogen-bond donors (Lipinski definition) is 1. The van der Waals surface area contributed by atoms with E-state index in [1.807, 2.05) is 0 Å². The van der Waals surface area contributed by atoms with Crippen LogP contribution in [0.4, 0.5) is 0 Å². The Morgan fingerprint density at radius 3 is 2.76 bits per heavy atom. The third kappa shape index (κ3) is 2.63. The monoisotopic (exact) mass is 241 g/mol. The van der Waals surface area contributed by atoms with Crippen molar-refractivity contribution in [1.29, 1.82) is 0 Å². The maximum Gasteiger partial charge on any atom is 0.313 e. The fourth-order valence-electron chi connectivity index (χ4n) is 2.91. The van der Waals surface area contributed by atoms with E-state index in [2.05, 4.69) is 19.2 Å². The maximum absolute atomic E-state index is 11.8. The van der Waals surface area contributed by atoms with Gasteiger partial charge in [0.05, 0.1) is 19.3 Å². The molecule has 1 N–H and O–H groups in total. The lowest BCUT2D eigenvalue weighted by atomic mass is 9.84. The van der Waals surface area contributed by atoms with Crippen molar-refractivity contribution in [3.05, 3.63) is 0 Å². The minimum atomic E-state index is -0.126. The van der Waals surface area contributed by atoms with Gasteiger partial charge in [-0.05, 0) is 31.7 Å². The molecule has 98 valence electrons. The molecule has 4 atom stereocenters. The quantitative estimate of drug-likeness (QED) is 0.738. The Kier molecular flexibility index (Phi) is 4.05. The smallest absolute Gasteiger partial charge is 0.313 e. The van der Waals surface area contributed by atoms with Crippen LogP contribution in [0.25, 0.3) is 0 Å². The molecule has 0 amide bonds. The number of carbonyl (C=O) groups is 1. The first kappa shape index (κ1) is 12.8. The zero-order valence-electron chi connectivity index (χ0n) is 10.9. The third-order valence-corrected chi connectivity index (χ3v) is 3.85. The summed E-state index contributed by atoms with van der Waals surface area (Å²) in [6.07, 6.45) is 3.46. The molecule has 2 rings (SSSR count). The van der Waals surface area contributed by atoms with Crippen LogP contribution in [-0.4, -0.2) is 37.9 Å². The van der Waals surface area contributed by atoms with Crippen molar-refractivity contribution in [2.75, 3.05) is 13.7 Å². The second-order valence-corrected chi connectivity index (χ2v) is 5.50. The number of rotatable bonds is 5. The number of carbonyl (C=O) groups excluding carboxylic acids is 1. The summed E-state index contributed by atoms with van der Waals surface area (Å²) in [5.41, 5.74) is 0. The summed E-state index contributed by atoms with van der Waals surface area (Å²) in [6, 6.07) is 0.153.